The number of nitrogens with one attached hydrogen (secondary N) is 1. The summed E-state index contributed by atoms with van der Waals surface area (Å²) in [6, 6.07) is 0.319. The Morgan fingerprint density at radius 3 is 2.39 bits per heavy atom. The lowest BCUT2D eigenvalue weighted by atomic mass is 9.83. The van der Waals surface area contributed by atoms with Gasteiger partial charge >= 0.3 is 0 Å². The maximum Gasteiger partial charge on any atom is 0.0471 e. The van der Waals surface area contributed by atoms with Crippen LogP contribution in [0.5, 0.6) is 0 Å². The van der Waals surface area contributed by atoms with Crippen LogP contribution in [0.4, 0.5) is 0 Å². The Balaban J connectivity index is 2.67. The molecule has 1 fully saturated rings. The van der Waals surface area contributed by atoms with Crippen molar-refractivity contribution < 1.29 is 5.11 Å². The topological polar surface area (TPSA) is 58.3 Å². The highest BCUT2D eigenvalue weighted by molar-refractivity contribution is 4.95. The maximum absolute atomic E-state index is 9.26. The van der Waals surface area contributed by atoms with Crippen LogP contribution in [0.25, 0.3) is 0 Å². The first-order chi connectivity index (χ1) is 8.34. The number of aliphatic hydroxyl groups excluding tert-OH is 1. The van der Waals surface area contributed by atoms with E-state index in [0.29, 0.717) is 18.0 Å². The molecule has 0 radical (unpaired) electrons. The van der Waals surface area contributed by atoms with Gasteiger partial charge in [-0.25, -0.2) is 0 Å². The smallest absolute Gasteiger partial charge is 0.0471 e. The Morgan fingerprint density at radius 2 is 1.83 bits per heavy atom. The summed E-state index contributed by atoms with van der Waals surface area (Å²) in [7, 11) is 0. The second-order valence-corrected chi connectivity index (χ2v) is 7.10. The van der Waals surface area contributed by atoms with Crippen molar-refractivity contribution in [3.05, 3.63) is 0 Å². The summed E-state index contributed by atoms with van der Waals surface area (Å²) < 4.78 is 0. The van der Waals surface area contributed by atoms with Gasteiger partial charge in [-0.3, -0.25) is 0 Å². The van der Waals surface area contributed by atoms with Crippen molar-refractivity contribution >= 4 is 0 Å². The zero-order valence-electron chi connectivity index (χ0n) is 12.6. The molecule has 0 spiro atoms. The fourth-order valence-electron chi connectivity index (χ4n) is 2.92. The van der Waals surface area contributed by atoms with E-state index in [1.165, 1.54) is 19.3 Å². The summed E-state index contributed by atoms with van der Waals surface area (Å²) >= 11 is 0. The van der Waals surface area contributed by atoms with Crippen molar-refractivity contribution in [2.24, 2.45) is 17.1 Å². The van der Waals surface area contributed by atoms with E-state index in [1.807, 2.05) is 0 Å². The second-order valence-electron chi connectivity index (χ2n) is 7.10. The van der Waals surface area contributed by atoms with Crippen LogP contribution in [0, 0.1) is 11.3 Å². The van der Waals surface area contributed by atoms with Gasteiger partial charge in [-0.2, -0.15) is 0 Å². The summed E-state index contributed by atoms with van der Waals surface area (Å²) in [5, 5.41) is 13.0. The highest BCUT2D eigenvalue weighted by Crippen LogP contribution is 2.38. The lowest BCUT2D eigenvalue weighted by Crippen LogP contribution is -2.56. The quantitative estimate of drug-likeness (QED) is 0.661. The minimum atomic E-state index is 0.0800. The van der Waals surface area contributed by atoms with Crippen LogP contribution in [-0.4, -0.2) is 29.8 Å². The normalized spacial score (nSPS) is 31.7. The van der Waals surface area contributed by atoms with Crippen LogP contribution in [0.1, 0.15) is 59.8 Å². The van der Waals surface area contributed by atoms with E-state index in [0.717, 1.165) is 12.8 Å². The van der Waals surface area contributed by atoms with Gasteiger partial charge in [-0.15, -0.1) is 0 Å². The van der Waals surface area contributed by atoms with Gasteiger partial charge in [-0.05, 0) is 43.9 Å². The summed E-state index contributed by atoms with van der Waals surface area (Å²) in [5.74, 6) is 0.282. The zero-order chi connectivity index (χ0) is 13.8. The average molecular weight is 256 g/mol. The minimum absolute atomic E-state index is 0.0800. The van der Waals surface area contributed by atoms with Crippen LogP contribution >= 0.6 is 0 Å². The molecule has 4 N–H and O–H groups in total. The fraction of sp³-hybridized carbons (Fsp3) is 1.00. The number of hydrogen-bond acceptors (Lipinski definition) is 3. The summed E-state index contributed by atoms with van der Waals surface area (Å²) in [6.07, 6.45) is 6.09. The van der Waals surface area contributed by atoms with Gasteiger partial charge in [0.15, 0.2) is 0 Å². The molecular formula is C15H32N2O. The van der Waals surface area contributed by atoms with Crippen LogP contribution < -0.4 is 11.1 Å². The lowest BCUT2D eigenvalue weighted by molar-refractivity contribution is 0.169. The van der Waals surface area contributed by atoms with E-state index >= 15 is 0 Å². The first-order valence-electron chi connectivity index (χ1n) is 7.43. The minimum Gasteiger partial charge on any atom is -0.396 e. The lowest BCUT2D eigenvalue weighted by Gasteiger charge is -2.38. The van der Waals surface area contributed by atoms with Crippen LogP contribution in [0.2, 0.25) is 0 Å². The van der Waals surface area contributed by atoms with Gasteiger partial charge in [0, 0.05) is 24.7 Å². The molecular weight excluding hydrogens is 224 g/mol. The molecule has 1 aliphatic rings. The molecule has 1 aliphatic carbocycles. The van der Waals surface area contributed by atoms with Gasteiger partial charge in [-0.1, -0.05) is 27.2 Å². The van der Waals surface area contributed by atoms with Gasteiger partial charge in [0.25, 0.3) is 0 Å². The predicted octanol–water partition coefficient (Wildman–Crippen LogP) is 2.28. The van der Waals surface area contributed by atoms with Crippen molar-refractivity contribution in [1.29, 1.82) is 0 Å². The summed E-state index contributed by atoms with van der Waals surface area (Å²) in [5.41, 5.74) is 6.59. The van der Waals surface area contributed by atoms with Crippen LogP contribution in [-0.2, 0) is 0 Å². The Bertz CT molecular complexity index is 255. The first-order valence-corrected chi connectivity index (χ1v) is 7.43. The molecule has 0 aromatic heterocycles. The van der Waals surface area contributed by atoms with Crippen molar-refractivity contribution in [3.63, 3.8) is 0 Å². The monoisotopic (exact) mass is 256 g/mol. The fourth-order valence-corrected chi connectivity index (χ4v) is 2.92. The Kier molecular flexibility index (Phi) is 5.63. The van der Waals surface area contributed by atoms with E-state index in [9.17, 15) is 5.11 Å². The van der Waals surface area contributed by atoms with Gasteiger partial charge < -0.3 is 16.2 Å². The third-order valence-corrected chi connectivity index (χ3v) is 4.86. The highest BCUT2D eigenvalue weighted by Gasteiger charge is 2.35. The zero-order valence-corrected chi connectivity index (χ0v) is 12.6. The van der Waals surface area contributed by atoms with Gasteiger partial charge in [0.05, 0.1) is 0 Å². The molecule has 3 atom stereocenters. The van der Waals surface area contributed by atoms with E-state index < -0.39 is 0 Å². The molecule has 0 saturated heterocycles. The Hall–Kier alpha value is -0.120. The Labute approximate surface area is 113 Å². The average Bonchev–Trinajstić information content (AvgIpc) is 2.48. The maximum atomic E-state index is 9.26. The molecule has 18 heavy (non-hydrogen) atoms. The van der Waals surface area contributed by atoms with Crippen molar-refractivity contribution in [2.45, 2.75) is 71.4 Å². The second kappa shape index (κ2) is 6.36. The standard InChI is InChI=1S/C15H32N2O/c1-12(10-18)13(2)17-15(11-16)7-5-6-14(3,4)8-9-15/h12-13,17-18H,5-11,16H2,1-4H3. The molecule has 0 amide bonds. The van der Waals surface area contributed by atoms with E-state index in [4.69, 9.17) is 5.73 Å². The molecule has 0 aliphatic heterocycles. The third kappa shape index (κ3) is 4.22. The van der Waals surface area contributed by atoms with Crippen LogP contribution in [0.3, 0.4) is 0 Å². The number of rotatable bonds is 5. The molecule has 0 aromatic rings. The third-order valence-electron chi connectivity index (χ3n) is 4.86. The van der Waals surface area contributed by atoms with E-state index in [-0.39, 0.29) is 18.1 Å². The summed E-state index contributed by atoms with van der Waals surface area (Å²) in [6.45, 7) is 9.90. The molecule has 3 heteroatoms. The first kappa shape index (κ1) is 15.9. The predicted molar refractivity (Wildman–Crippen MR) is 77.5 cm³/mol. The SMILES string of the molecule is CC(CO)C(C)NC1(CN)CCCC(C)(C)CC1. The number of aliphatic hydroxyl groups is 1. The molecule has 1 saturated carbocycles. The van der Waals surface area contributed by atoms with Crippen molar-refractivity contribution in [3.8, 4) is 0 Å². The van der Waals surface area contributed by atoms with Gasteiger partial charge in [0.2, 0.25) is 0 Å². The largest absolute Gasteiger partial charge is 0.396 e. The molecule has 1 rings (SSSR count). The molecule has 108 valence electrons. The molecule has 3 nitrogen and oxygen atoms in total. The number of hydrogen-bond donors (Lipinski definition) is 3. The molecule has 3 unspecified atom stereocenters. The van der Waals surface area contributed by atoms with Gasteiger partial charge in [0.1, 0.15) is 0 Å². The highest BCUT2D eigenvalue weighted by atomic mass is 16.3. The molecule has 0 bridgehead atoms. The molecule has 0 heterocycles. The van der Waals surface area contributed by atoms with Crippen LogP contribution in [0.15, 0.2) is 0 Å². The van der Waals surface area contributed by atoms with Crippen molar-refractivity contribution in [1.82, 2.24) is 5.32 Å². The Morgan fingerprint density at radius 1 is 1.17 bits per heavy atom. The van der Waals surface area contributed by atoms with E-state index in [1.54, 1.807) is 0 Å². The van der Waals surface area contributed by atoms with E-state index in [2.05, 4.69) is 33.0 Å². The molecule has 0 aromatic carbocycles. The number of nitrogens with two attached hydrogens (primary N) is 1. The summed E-state index contributed by atoms with van der Waals surface area (Å²) in [4.78, 5) is 0. The van der Waals surface area contributed by atoms with Crippen molar-refractivity contribution in [2.75, 3.05) is 13.2 Å².